The van der Waals surface area contributed by atoms with Gasteiger partial charge in [-0.05, 0) is 16.8 Å². The van der Waals surface area contributed by atoms with E-state index < -0.39 is 0 Å². The third kappa shape index (κ3) is 2.01. The lowest BCUT2D eigenvalue weighted by molar-refractivity contribution is -0.384. The average Bonchev–Trinajstić information content (AvgIpc) is 3.14. The van der Waals surface area contributed by atoms with Crippen LogP contribution in [0.5, 0.6) is 0 Å². The molecule has 0 amide bonds. The van der Waals surface area contributed by atoms with Gasteiger partial charge in [-0.25, -0.2) is 4.98 Å². The molecule has 1 aromatic heterocycles. The molecule has 26 heavy (non-hydrogen) atoms. The number of nitrogens with one attached hydrogen (secondary N) is 1. The number of nitrogens with zero attached hydrogens (tertiary/aromatic N) is 2. The molecule has 5 nitrogen and oxygen atoms in total. The van der Waals surface area contributed by atoms with Crippen LogP contribution in [0.4, 0.5) is 5.69 Å². The van der Waals surface area contributed by atoms with Gasteiger partial charge in [-0.15, -0.1) is 0 Å². The van der Waals surface area contributed by atoms with Crippen molar-refractivity contribution in [2.24, 2.45) is 0 Å². The Kier molecular flexibility index (Phi) is 3.03. The maximum Gasteiger partial charge on any atom is 0.280 e. The number of H-pyrrole nitrogens is 1. The lowest BCUT2D eigenvalue weighted by Gasteiger charge is -2.05. The van der Waals surface area contributed by atoms with Crippen LogP contribution in [0, 0.1) is 10.1 Å². The summed E-state index contributed by atoms with van der Waals surface area (Å²) in [7, 11) is 0. The predicted molar refractivity (Wildman–Crippen MR) is 103 cm³/mol. The zero-order valence-corrected chi connectivity index (χ0v) is 13.6. The van der Waals surface area contributed by atoms with E-state index in [1.807, 2.05) is 36.4 Å². The summed E-state index contributed by atoms with van der Waals surface area (Å²) in [5, 5.41) is 15.7. The zero-order valence-electron chi connectivity index (χ0n) is 13.6. The van der Waals surface area contributed by atoms with E-state index in [4.69, 9.17) is 4.98 Å². The van der Waals surface area contributed by atoms with Crippen molar-refractivity contribution in [2.45, 2.75) is 0 Å². The van der Waals surface area contributed by atoms with E-state index in [9.17, 15) is 10.1 Å². The molecule has 0 fully saturated rings. The highest BCUT2D eigenvalue weighted by molar-refractivity contribution is 6.23. The standard InChI is InChI=1S/C21H13N3O2/c25-24(26)18-12-6-5-11-17(18)21-22-19-15-9-3-1-7-13(15)14-8-2-4-10-16(14)20(19)23-21/h1-12H,(H,22,23). The molecular weight excluding hydrogens is 326 g/mol. The SMILES string of the molecule is O=[N+]([O-])c1ccccc1-c1nc2c3ccccc3c3ccccc3c2[nH]1. The Morgan fingerprint density at radius 2 is 1.35 bits per heavy atom. The topological polar surface area (TPSA) is 71.8 Å². The van der Waals surface area contributed by atoms with Crippen LogP contribution >= 0.6 is 0 Å². The minimum absolute atomic E-state index is 0.0418. The molecule has 4 aromatic carbocycles. The molecule has 0 spiro atoms. The minimum atomic E-state index is -0.376. The Balaban J connectivity index is 1.94. The first-order valence-corrected chi connectivity index (χ1v) is 8.27. The number of aromatic amines is 1. The van der Waals surface area contributed by atoms with E-state index in [0.29, 0.717) is 11.4 Å². The minimum Gasteiger partial charge on any atom is -0.337 e. The smallest absolute Gasteiger partial charge is 0.280 e. The highest BCUT2D eigenvalue weighted by Gasteiger charge is 2.19. The molecule has 0 atom stereocenters. The Morgan fingerprint density at radius 1 is 0.769 bits per heavy atom. The molecule has 1 heterocycles. The monoisotopic (exact) mass is 339 g/mol. The van der Waals surface area contributed by atoms with Gasteiger partial charge in [0.15, 0.2) is 0 Å². The molecule has 5 heteroatoms. The van der Waals surface area contributed by atoms with Gasteiger partial charge < -0.3 is 4.98 Å². The van der Waals surface area contributed by atoms with E-state index in [2.05, 4.69) is 17.1 Å². The molecule has 5 aromatic rings. The van der Waals surface area contributed by atoms with E-state index in [-0.39, 0.29) is 10.6 Å². The number of hydrogen-bond acceptors (Lipinski definition) is 3. The average molecular weight is 339 g/mol. The molecule has 0 aliphatic carbocycles. The van der Waals surface area contributed by atoms with Crippen molar-refractivity contribution in [3.63, 3.8) is 0 Å². The number of nitro groups is 1. The molecule has 0 bridgehead atoms. The summed E-state index contributed by atoms with van der Waals surface area (Å²) in [6.45, 7) is 0. The van der Waals surface area contributed by atoms with Crippen LogP contribution in [0.15, 0.2) is 72.8 Å². The molecular formula is C21H13N3O2. The van der Waals surface area contributed by atoms with Crippen molar-refractivity contribution in [1.82, 2.24) is 9.97 Å². The molecule has 1 N–H and O–H groups in total. The fourth-order valence-electron chi connectivity index (χ4n) is 3.58. The Bertz CT molecular complexity index is 1250. The molecule has 124 valence electrons. The van der Waals surface area contributed by atoms with Crippen molar-refractivity contribution in [3.8, 4) is 11.4 Å². The van der Waals surface area contributed by atoms with Crippen LogP contribution in [-0.4, -0.2) is 14.9 Å². The highest BCUT2D eigenvalue weighted by atomic mass is 16.6. The van der Waals surface area contributed by atoms with E-state index in [0.717, 1.165) is 32.6 Å². The van der Waals surface area contributed by atoms with Gasteiger partial charge in [-0.3, -0.25) is 10.1 Å². The number of para-hydroxylation sites is 1. The van der Waals surface area contributed by atoms with E-state index in [1.165, 1.54) is 6.07 Å². The van der Waals surface area contributed by atoms with Gasteiger partial charge in [0.05, 0.1) is 21.5 Å². The summed E-state index contributed by atoms with van der Waals surface area (Å²) in [6.07, 6.45) is 0. The summed E-state index contributed by atoms with van der Waals surface area (Å²) in [5.41, 5.74) is 2.25. The normalized spacial score (nSPS) is 11.4. The first kappa shape index (κ1) is 14.6. The third-order valence-electron chi connectivity index (χ3n) is 4.73. The van der Waals surface area contributed by atoms with Crippen LogP contribution in [-0.2, 0) is 0 Å². The van der Waals surface area contributed by atoms with Crippen LogP contribution in [0.1, 0.15) is 0 Å². The Morgan fingerprint density at radius 3 is 2.08 bits per heavy atom. The molecule has 0 aliphatic heterocycles. The van der Waals surface area contributed by atoms with Crippen molar-refractivity contribution < 1.29 is 4.92 Å². The number of fused-ring (bicyclic) bond motifs is 6. The van der Waals surface area contributed by atoms with E-state index in [1.54, 1.807) is 18.2 Å². The van der Waals surface area contributed by atoms with Crippen LogP contribution in [0.3, 0.4) is 0 Å². The molecule has 0 unspecified atom stereocenters. The zero-order chi connectivity index (χ0) is 17.7. The molecule has 0 saturated heterocycles. The molecule has 0 saturated carbocycles. The van der Waals surface area contributed by atoms with Crippen molar-refractivity contribution in [1.29, 1.82) is 0 Å². The highest BCUT2D eigenvalue weighted by Crippen LogP contribution is 2.36. The number of hydrogen-bond donors (Lipinski definition) is 1. The van der Waals surface area contributed by atoms with E-state index >= 15 is 0 Å². The number of nitro benzene ring substituents is 1. The number of rotatable bonds is 2. The quantitative estimate of drug-likeness (QED) is 0.264. The maximum absolute atomic E-state index is 11.4. The van der Waals surface area contributed by atoms with Crippen LogP contribution in [0.2, 0.25) is 0 Å². The second-order valence-electron chi connectivity index (χ2n) is 6.17. The Labute approximate surface area is 148 Å². The predicted octanol–water partition coefficient (Wildman–Crippen LogP) is 5.44. The van der Waals surface area contributed by atoms with Gasteiger partial charge in [0.2, 0.25) is 0 Å². The molecule has 0 aliphatic rings. The fourth-order valence-corrected chi connectivity index (χ4v) is 3.58. The first-order chi connectivity index (χ1) is 12.7. The molecule has 5 rings (SSSR count). The van der Waals surface area contributed by atoms with Gasteiger partial charge in [0.1, 0.15) is 5.82 Å². The largest absolute Gasteiger partial charge is 0.337 e. The second-order valence-corrected chi connectivity index (χ2v) is 6.17. The lowest BCUT2D eigenvalue weighted by atomic mass is 10.0. The van der Waals surface area contributed by atoms with Crippen molar-refractivity contribution in [3.05, 3.63) is 82.9 Å². The summed E-state index contributed by atoms with van der Waals surface area (Å²) >= 11 is 0. The lowest BCUT2D eigenvalue weighted by Crippen LogP contribution is -1.92. The second kappa shape index (κ2) is 5.39. The summed E-state index contributed by atoms with van der Waals surface area (Å²) in [4.78, 5) is 19.1. The van der Waals surface area contributed by atoms with Crippen molar-refractivity contribution >= 4 is 38.3 Å². The van der Waals surface area contributed by atoms with Crippen LogP contribution < -0.4 is 0 Å². The summed E-state index contributed by atoms with van der Waals surface area (Å²) in [6, 6.07) is 22.9. The van der Waals surface area contributed by atoms with Crippen LogP contribution in [0.25, 0.3) is 44.0 Å². The Hall–Kier alpha value is -3.73. The maximum atomic E-state index is 11.4. The first-order valence-electron chi connectivity index (χ1n) is 8.27. The van der Waals surface area contributed by atoms with Gasteiger partial charge in [-0.1, -0.05) is 60.7 Å². The fraction of sp³-hybridized carbons (Fsp3) is 0. The number of aromatic nitrogens is 2. The van der Waals surface area contributed by atoms with Gasteiger partial charge in [0.25, 0.3) is 5.69 Å². The molecule has 0 radical (unpaired) electrons. The van der Waals surface area contributed by atoms with Gasteiger partial charge >= 0.3 is 0 Å². The number of benzene rings is 4. The third-order valence-corrected chi connectivity index (χ3v) is 4.73. The summed E-state index contributed by atoms with van der Waals surface area (Å²) in [5.74, 6) is 0.508. The summed E-state index contributed by atoms with van der Waals surface area (Å²) < 4.78 is 0. The van der Waals surface area contributed by atoms with Crippen molar-refractivity contribution in [2.75, 3.05) is 0 Å². The van der Waals surface area contributed by atoms with Gasteiger partial charge in [-0.2, -0.15) is 0 Å². The number of imidazole rings is 1. The van der Waals surface area contributed by atoms with Gasteiger partial charge in [0, 0.05) is 16.8 Å².